The van der Waals surface area contributed by atoms with Crippen LogP contribution in [-0.2, 0) is 0 Å². The summed E-state index contributed by atoms with van der Waals surface area (Å²) in [6.07, 6.45) is 5.08. The lowest BCUT2D eigenvalue weighted by Gasteiger charge is -2.35. The lowest BCUT2D eigenvalue weighted by Crippen LogP contribution is -2.54. The number of aromatic nitrogens is 3. The highest BCUT2D eigenvalue weighted by Gasteiger charge is 2.26. The lowest BCUT2D eigenvalue weighted by atomic mass is 10.1. The Morgan fingerprint density at radius 3 is 2.43 bits per heavy atom. The summed E-state index contributed by atoms with van der Waals surface area (Å²) >= 11 is 0. The minimum Gasteiger partial charge on any atom is -0.435 e. The summed E-state index contributed by atoms with van der Waals surface area (Å²) in [5.74, 6) is 0.502. The number of imidazole rings is 1. The Morgan fingerprint density at radius 1 is 1.05 bits per heavy atom. The fraction of sp³-hybridized carbons (Fsp3) is 0.310. The van der Waals surface area contributed by atoms with Crippen LogP contribution >= 0.6 is 0 Å². The van der Waals surface area contributed by atoms with Crippen LogP contribution in [0.5, 0.6) is 5.75 Å². The monoisotopic (exact) mass is 578 g/mol. The predicted molar refractivity (Wildman–Crippen MR) is 154 cm³/mol. The van der Waals surface area contributed by atoms with Gasteiger partial charge in [0.1, 0.15) is 5.75 Å². The minimum absolute atomic E-state index is 0.0755. The molecule has 1 aliphatic rings. The maximum atomic E-state index is 13.3. The van der Waals surface area contributed by atoms with Crippen LogP contribution in [0.25, 0.3) is 16.9 Å². The Kier molecular flexibility index (Phi) is 8.48. The van der Waals surface area contributed by atoms with Gasteiger partial charge in [0.25, 0.3) is 5.91 Å². The molecular weight excluding hydrogens is 546 g/mol. The largest absolute Gasteiger partial charge is 0.435 e. The molecular formula is C29H32F2N8O3. The number of hydrogen-bond donors (Lipinski definition) is 3. The predicted octanol–water partition coefficient (Wildman–Crippen LogP) is 3.86. The average Bonchev–Trinajstić information content (AvgIpc) is 3.41. The van der Waals surface area contributed by atoms with Crippen LogP contribution < -0.4 is 21.1 Å². The van der Waals surface area contributed by atoms with E-state index in [0.717, 1.165) is 22.5 Å². The Labute approximate surface area is 241 Å². The van der Waals surface area contributed by atoms with Crippen LogP contribution in [0.3, 0.4) is 0 Å². The molecule has 0 aliphatic carbocycles. The first-order chi connectivity index (χ1) is 20.2. The van der Waals surface area contributed by atoms with Crippen LogP contribution in [-0.4, -0.2) is 81.5 Å². The number of benzene rings is 2. The lowest BCUT2D eigenvalue weighted by molar-refractivity contribution is -0.0498. The van der Waals surface area contributed by atoms with E-state index in [9.17, 15) is 18.4 Å². The summed E-state index contributed by atoms with van der Waals surface area (Å²) in [5, 5.41) is 6.09. The Hall–Kier alpha value is -4.78. The Balaban J connectivity index is 1.25. The first-order valence-electron chi connectivity index (χ1n) is 13.5. The zero-order valence-electron chi connectivity index (χ0n) is 23.3. The molecule has 3 amide bonds. The van der Waals surface area contributed by atoms with E-state index in [1.54, 1.807) is 46.6 Å². The second-order valence-corrected chi connectivity index (χ2v) is 10.1. The third kappa shape index (κ3) is 6.41. The molecule has 1 saturated heterocycles. The number of nitrogens with two attached hydrogens (primary N) is 1. The number of carbonyl (C=O) groups excluding carboxylic acids is 2. The molecule has 5 rings (SSSR count). The van der Waals surface area contributed by atoms with Gasteiger partial charge in [-0.3, -0.25) is 9.20 Å². The zero-order valence-corrected chi connectivity index (χ0v) is 23.3. The van der Waals surface area contributed by atoms with Gasteiger partial charge in [0.2, 0.25) is 0 Å². The van der Waals surface area contributed by atoms with Crippen LogP contribution in [0.1, 0.15) is 22.8 Å². The molecule has 11 nitrogen and oxygen atoms in total. The van der Waals surface area contributed by atoms with Gasteiger partial charge in [-0.2, -0.15) is 8.78 Å². The molecule has 1 atom stereocenters. The van der Waals surface area contributed by atoms with Crippen molar-refractivity contribution in [2.24, 2.45) is 5.73 Å². The minimum atomic E-state index is -2.89. The number of ether oxygens (including phenoxy) is 1. The number of hydrogen-bond acceptors (Lipinski definition) is 7. The Bertz CT molecular complexity index is 1570. The maximum absolute atomic E-state index is 13.3. The highest BCUT2D eigenvalue weighted by atomic mass is 19.3. The van der Waals surface area contributed by atoms with E-state index in [-0.39, 0.29) is 23.7 Å². The van der Waals surface area contributed by atoms with Gasteiger partial charge in [0, 0.05) is 68.0 Å². The molecule has 3 heterocycles. The number of halogens is 2. The molecule has 2 aromatic heterocycles. The molecule has 0 unspecified atom stereocenters. The average molecular weight is 579 g/mol. The number of piperazine rings is 1. The molecule has 13 heteroatoms. The normalized spacial score (nSPS) is 14.2. The topological polar surface area (TPSA) is 130 Å². The van der Waals surface area contributed by atoms with Crippen LogP contribution in [0.2, 0.25) is 0 Å². The van der Waals surface area contributed by atoms with Crippen LogP contribution in [0.4, 0.5) is 25.1 Å². The molecule has 0 spiro atoms. The SMILES string of the molecule is Cc1cc(Nc2nccn3c(-c4ccc(OC(F)F)cc4)cnc23)ccc1C(=O)N1CCN(C(=O)NC[C@H](C)N)CC1. The summed E-state index contributed by atoms with van der Waals surface area (Å²) in [6.45, 7) is 3.00. The van der Waals surface area contributed by atoms with Crippen molar-refractivity contribution in [3.8, 4) is 17.0 Å². The van der Waals surface area contributed by atoms with Gasteiger partial charge in [-0.15, -0.1) is 0 Å². The van der Waals surface area contributed by atoms with Gasteiger partial charge in [0.05, 0.1) is 11.9 Å². The summed E-state index contributed by atoms with van der Waals surface area (Å²) in [6, 6.07) is 11.5. The van der Waals surface area contributed by atoms with E-state index in [2.05, 4.69) is 25.3 Å². The number of nitrogens with zero attached hydrogens (tertiary/aromatic N) is 5. The van der Waals surface area contributed by atoms with E-state index >= 15 is 0 Å². The van der Waals surface area contributed by atoms with Crippen molar-refractivity contribution in [2.75, 3.05) is 38.0 Å². The molecule has 4 N–H and O–H groups in total. The number of fused-ring (bicyclic) bond motifs is 1. The molecule has 1 fully saturated rings. The standard InChI is InChI=1S/C29H32F2N8O3/c1-18-15-21(5-8-23(18)27(40)37-11-13-38(14-12-37)29(41)35-16-19(2)32)36-25-26-34-17-24(39(26)10-9-33-25)20-3-6-22(7-4-20)42-28(30)31/h3-10,15,17,19,28H,11-14,16,32H2,1-2H3,(H,33,36)(H,35,41)/t19-/m0/s1. The van der Waals surface area contributed by atoms with E-state index in [1.165, 1.54) is 12.1 Å². The summed E-state index contributed by atoms with van der Waals surface area (Å²) in [7, 11) is 0. The van der Waals surface area contributed by atoms with E-state index in [4.69, 9.17) is 5.73 Å². The van der Waals surface area contributed by atoms with Crippen molar-refractivity contribution in [3.63, 3.8) is 0 Å². The fourth-order valence-corrected chi connectivity index (χ4v) is 4.79. The first-order valence-corrected chi connectivity index (χ1v) is 13.5. The number of aryl methyl sites for hydroxylation is 1. The number of rotatable bonds is 8. The van der Waals surface area contributed by atoms with E-state index in [1.807, 2.05) is 30.4 Å². The van der Waals surface area contributed by atoms with Crippen molar-refractivity contribution in [1.82, 2.24) is 29.5 Å². The highest BCUT2D eigenvalue weighted by Crippen LogP contribution is 2.28. The van der Waals surface area contributed by atoms with Crippen molar-refractivity contribution < 1.29 is 23.1 Å². The summed E-state index contributed by atoms with van der Waals surface area (Å²) in [5.41, 5.74) is 9.92. The Morgan fingerprint density at radius 2 is 1.76 bits per heavy atom. The summed E-state index contributed by atoms with van der Waals surface area (Å²) in [4.78, 5) is 38.0. The summed E-state index contributed by atoms with van der Waals surface area (Å²) < 4.78 is 31.3. The van der Waals surface area contributed by atoms with Crippen molar-refractivity contribution >= 4 is 29.1 Å². The van der Waals surface area contributed by atoms with Gasteiger partial charge in [0.15, 0.2) is 11.5 Å². The smallest absolute Gasteiger partial charge is 0.387 e. The number of urea groups is 1. The highest BCUT2D eigenvalue weighted by molar-refractivity contribution is 5.96. The van der Waals surface area contributed by atoms with Crippen molar-refractivity contribution in [2.45, 2.75) is 26.5 Å². The third-order valence-electron chi connectivity index (χ3n) is 6.95. The quantitative estimate of drug-likeness (QED) is 0.290. The zero-order chi connectivity index (χ0) is 29.8. The number of amides is 3. The number of alkyl halides is 2. The molecule has 0 bridgehead atoms. The van der Waals surface area contributed by atoms with Crippen molar-refractivity contribution in [3.05, 3.63) is 72.2 Å². The second-order valence-electron chi connectivity index (χ2n) is 10.1. The molecule has 42 heavy (non-hydrogen) atoms. The van der Waals surface area contributed by atoms with Crippen molar-refractivity contribution in [1.29, 1.82) is 0 Å². The van der Waals surface area contributed by atoms with Gasteiger partial charge in [-0.05, 0) is 61.9 Å². The van der Waals surface area contributed by atoms with E-state index < -0.39 is 6.61 Å². The first kappa shape index (κ1) is 28.7. The third-order valence-corrected chi connectivity index (χ3v) is 6.95. The number of nitrogens with one attached hydrogen (secondary N) is 2. The van der Waals surface area contributed by atoms with Crippen LogP contribution in [0, 0.1) is 6.92 Å². The molecule has 220 valence electrons. The molecule has 1 aliphatic heterocycles. The number of carbonyl (C=O) groups is 2. The molecule has 0 saturated carbocycles. The van der Waals surface area contributed by atoms with Gasteiger partial charge in [-0.25, -0.2) is 14.8 Å². The molecule has 4 aromatic rings. The van der Waals surface area contributed by atoms with E-state index in [0.29, 0.717) is 49.8 Å². The molecule has 0 radical (unpaired) electrons. The maximum Gasteiger partial charge on any atom is 0.387 e. The molecule has 2 aromatic carbocycles. The number of anilines is 2. The van der Waals surface area contributed by atoms with Gasteiger partial charge < -0.3 is 30.9 Å². The van der Waals surface area contributed by atoms with Crippen LogP contribution in [0.15, 0.2) is 61.1 Å². The fourth-order valence-electron chi connectivity index (χ4n) is 4.79. The van der Waals surface area contributed by atoms with Gasteiger partial charge >= 0.3 is 12.6 Å². The van der Waals surface area contributed by atoms with Gasteiger partial charge in [-0.1, -0.05) is 0 Å². The second kappa shape index (κ2) is 12.4.